The number of primary amides is 1. The topological polar surface area (TPSA) is 177 Å². The molecule has 3 aliphatic rings. The Labute approximate surface area is 277 Å². The highest BCUT2D eigenvalue weighted by molar-refractivity contribution is 6.37. The Balaban J connectivity index is 1.49. The minimum Gasteiger partial charge on any atom is -0.459 e. The van der Waals surface area contributed by atoms with Crippen LogP contribution in [0.4, 0.5) is 4.79 Å². The summed E-state index contributed by atoms with van der Waals surface area (Å²) in [6, 6.07) is 4.58. The van der Waals surface area contributed by atoms with Crippen molar-refractivity contribution in [3.8, 4) is 0 Å². The molecule has 0 spiro atoms. The number of hydrogen-bond acceptors (Lipinski definition) is 7. The van der Waals surface area contributed by atoms with E-state index in [0.717, 1.165) is 18.4 Å². The van der Waals surface area contributed by atoms with Crippen molar-refractivity contribution in [2.75, 3.05) is 6.54 Å². The van der Waals surface area contributed by atoms with E-state index in [1.165, 1.54) is 4.90 Å². The van der Waals surface area contributed by atoms with Crippen molar-refractivity contribution in [1.29, 1.82) is 0 Å². The second-order valence-corrected chi connectivity index (χ2v) is 15.2. The van der Waals surface area contributed by atoms with Gasteiger partial charge in [0.25, 0.3) is 5.91 Å². The SMILES string of the molecule is CC[C@@H](C)[C@H](NC(=O)N[C@H](C(=O)N1C[C@H]2[C@@H]([C@H]1C(=O)NC(CC1CC1)C(=O)C(N)=O)C2(C)C)C(C)(C)C)C(=O)OCc1ccccc1. The molecule has 1 aliphatic heterocycles. The van der Waals surface area contributed by atoms with E-state index < -0.39 is 65.1 Å². The zero-order valence-corrected chi connectivity index (χ0v) is 28.6. The lowest BCUT2D eigenvalue weighted by Gasteiger charge is -2.38. The van der Waals surface area contributed by atoms with Crippen LogP contribution in [0.15, 0.2) is 30.3 Å². The summed E-state index contributed by atoms with van der Waals surface area (Å²) >= 11 is 0. The van der Waals surface area contributed by atoms with Gasteiger partial charge in [0.05, 0.1) is 6.04 Å². The van der Waals surface area contributed by atoms with E-state index in [0.29, 0.717) is 19.4 Å². The summed E-state index contributed by atoms with van der Waals surface area (Å²) in [4.78, 5) is 80.6. The molecule has 2 saturated carbocycles. The van der Waals surface area contributed by atoms with Gasteiger partial charge in [0.15, 0.2) is 0 Å². The molecular weight excluding hydrogens is 602 g/mol. The first-order chi connectivity index (χ1) is 22.0. The molecule has 0 bridgehead atoms. The van der Waals surface area contributed by atoms with Crippen molar-refractivity contribution in [3.05, 3.63) is 35.9 Å². The van der Waals surface area contributed by atoms with Crippen molar-refractivity contribution in [1.82, 2.24) is 20.9 Å². The molecule has 1 heterocycles. The number of nitrogens with zero attached hydrogens (tertiary/aromatic N) is 1. The van der Waals surface area contributed by atoms with Gasteiger partial charge in [-0.15, -0.1) is 0 Å². The molecule has 4 rings (SSSR count). The van der Waals surface area contributed by atoms with Gasteiger partial charge in [-0.05, 0) is 46.5 Å². The molecule has 258 valence electrons. The summed E-state index contributed by atoms with van der Waals surface area (Å²) in [5.74, 6) is -3.60. The fraction of sp³-hybridized carbons (Fsp3) is 0.657. The lowest BCUT2D eigenvalue weighted by atomic mass is 9.85. The van der Waals surface area contributed by atoms with Gasteiger partial charge >= 0.3 is 12.0 Å². The summed E-state index contributed by atoms with van der Waals surface area (Å²) in [5.41, 5.74) is 5.14. The summed E-state index contributed by atoms with van der Waals surface area (Å²) in [7, 11) is 0. The molecule has 1 unspecified atom stereocenters. The Morgan fingerprint density at radius 1 is 1.02 bits per heavy atom. The molecule has 1 saturated heterocycles. The molecule has 47 heavy (non-hydrogen) atoms. The van der Waals surface area contributed by atoms with Crippen molar-refractivity contribution in [2.45, 2.75) is 105 Å². The number of Topliss-reactive ketones (excluding diaryl/α,β-unsaturated/α-hetero) is 1. The second kappa shape index (κ2) is 14.0. The molecule has 12 nitrogen and oxygen atoms in total. The minimum atomic E-state index is -1.11. The average Bonchev–Trinajstić information content (AvgIpc) is 3.87. The number of urea groups is 1. The number of benzene rings is 1. The number of carbonyl (C=O) groups is 6. The molecular formula is C35H51N5O7. The van der Waals surface area contributed by atoms with E-state index in [1.54, 1.807) is 0 Å². The lowest BCUT2D eigenvalue weighted by Crippen LogP contribution is -2.62. The maximum Gasteiger partial charge on any atom is 0.329 e. The molecule has 1 aromatic rings. The van der Waals surface area contributed by atoms with Gasteiger partial charge in [0, 0.05) is 6.54 Å². The summed E-state index contributed by atoms with van der Waals surface area (Å²) < 4.78 is 5.53. The van der Waals surface area contributed by atoms with E-state index in [1.807, 2.05) is 78.8 Å². The van der Waals surface area contributed by atoms with Gasteiger partial charge in [-0.2, -0.15) is 0 Å². The number of likely N-dealkylation sites (tertiary alicyclic amines) is 1. The molecule has 5 amide bonds. The Kier molecular flexibility index (Phi) is 10.7. The number of carbonyl (C=O) groups excluding carboxylic acids is 6. The normalized spacial score (nSPS) is 23.7. The van der Waals surface area contributed by atoms with E-state index in [9.17, 15) is 28.8 Å². The van der Waals surface area contributed by atoms with E-state index >= 15 is 0 Å². The molecule has 0 radical (unpaired) electrons. The number of esters is 1. The van der Waals surface area contributed by atoms with Gasteiger partial charge < -0.3 is 31.3 Å². The van der Waals surface area contributed by atoms with Crippen LogP contribution < -0.4 is 21.7 Å². The van der Waals surface area contributed by atoms with E-state index in [-0.39, 0.29) is 35.7 Å². The van der Waals surface area contributed by atoms with Crippen LogP contribution in [0.5, 0.6) is 0 Å². The van der Waals surface area contributed by atoms with Crippen LogP contribution in [0, 0.1) is 34.5 Å². The number of nitrogens with two attached hydrogens (primary N) is 1. The Hall–Kier alpha value is -3.96. The van der Waals surface area contributed by atoms with Crippen LogP contribution in [-0.2, 0) is 35.3 Å². The molecule has 3 fully saturated rings. The summed E-state index contributed by atoms with van der Waals surface area (Å²) in [5, 5.41) is 8.28. The Bertz CT molecular complexity index is 1370. The van der Waals surface area contributed by atoms with Crippen LogP contribution in [0.25, 0.3) is 0 Å². The minimum absolute atomic E-state index is 0.0551. The first-order valence-corrected chi connectivity index (χ1v) is 16.7. The summed E-state index contributed by atoms with van der Waals surface area (Å²) in [6.45, 7) is 13.6. The molecule has 0 aromatic heterocycles. The zero-order valence-electron chi connectivity index (χ0n) is 28.6. The highest BCUT2D eigenvalue weighted by Gasteiger charge is 2.70. The Morgan fingerprint density at radius 3 is 2.21 bits per heavy atom. The predicted octanol–water partition coefficient (Wildman–Crippen LogP) is 2.68. The smallest absolute Gasteiger partial charge is 0.329 e. The largest absolute Gasteiger partial charge is 0.459 e. The van der Waals surface area contributed by atoms with Crippen molar-refractivity contribution in [3.63, 3.8) is 0 Å². The van der Waals surface area contributed by atoms with Crippen molar-refractivity contribution < 1.29 is 33.5 Å². The van der Waals surface area contributed by atoms with E-state index in [2.05, 4.69) is 16.0 Å². The maximum absolute atomic E-state index is 14.3. The molecule has 5 N–H and O–H groups in total. The number of amides is 5. The average molecular weight is 654 g/mol. The summed E-state index contributed by atoms with van der Waals surface area (Å²) in [6.07, 6.45) is 2.74. The third kappa shape index (κ3) is 8.31. The lowest BCUT2D eigenvalue weighted by molar-refractivity contribution is -0.148. The highest BCUT2D eigenvalue weighted by Crippen LogP contribution is 2.65. The third-order valence-electron chi connectivity index (χ3n) is 10.3. The second-order valence-electron chi connectivity index (χ2n) is 15.2. The first kappa shape index (κ1) is 35.9. The number of ether oxygens (including phenoxy) is 1. The third-order valence-corrected chi connectivity index (χ3v) is 10.3. The van der Waals surface area contributed by atoms with E-state index in [4.69, 9.17) is 10.5 Å². The van der Waals surface area contributed by atoms with Gasteiger partial charge in [-0.3, -0.25) is 19.2 Å². The fourth-order valence-corrected chi connectivity index (χ4v) is 6.78. The van der Waals surface area contributed by atoms with Crippen LogP contribution in [0.1, 0.15) is 79.7 Å². The van der Waals surface area contributed by atoms with Crippen molar-refractivity contribution >= 4 is 35.5 Å². The number of ketones is 1. The van der Waals surface area contributed by atoms with Crippen LogP contribution in [0.2, 0.25) is 0 Å². The van der Waals surface area contributed by atoms with Crippen LogP contribution in [0.3, 0.4) is 0 Å². The molecule has 7 atom stereocenters. The van der Waals surface area contributed by atoms with Gasteiger partial charge in [-0.25, -0.2) is 9.59 Å². The van der Waals surface area contributed by atoms with Gasteiger partial charge in [0.1, 0.15) is 24.7 Å². The predicted molar refractivity (Wildman–Crippen MR) is 174 cm³/mol. The van der Waals surface area contributed by atoms with Crippen molar-refractivity contribution in [2.24, 2.45) is 40.2 Å². The monoisotopic (exact) mass is 653 g/mol. The van der Waals surface area contributed by atoms with Gasteiger partial charge in [-0.1, -0.05) is 98.1 Å². The quantitative estimate of drug-likeness (QED) is 0.176. The molecule has 2 aliphatic carbocycles. The number of nitrogens with one attached hydrogen (secondary N) is 3. The maximum atomic E-state index is 14.3. The highest BCUT2D eigenvalue weighted by atomic mass is 16.5. The number of hydrogen-bond donors (Lipinski definition) is 4. The number of rotatable bonds is 14. The molecule has 12 heteroatoms. The standard InChI is InChI=1S/C35H51N5O7/c1-8-19(2)25(32(45)47-18-21-12-10-9-11-13-21)38-33(46)39-28(34(3,4)5)31(44)40-17-22-24(35(22,6)7)26(40)30(43)37-23(16-20-14-15-20)27(41)29(36)42/h9-13,19-20,22-26,28H,8,14-18H2,1-7H3,(H2,36,42)(H,37,43)(H2,38,39,46)/t19-,22+,23?,24+,25+,26+,28-/m1/s1. The number of fused-ring (bicyclic) bond motifs is 1. The zero-order chi connectivity index (χ0) is 34.8. The fourth-order valence-electron chi connectivity index (χ4n) is 6.78. The Morgan fingerprint density at radius 2 is 1.66 bits per heavy atom. The van der Waals surface area contributed by atoms with Crippen LogP contribution in [-0.4, -0.2) is 71.1 Å². The first-order valence-electron chi connectivity index (χ1n) is 16.7. The van der Waals surface area contributed by atoms with Gasteiger partial charge in [0.2, 0.25) is 17.6 Å². The number of piperidine rings is 1. The van der Waals surface area contributed by atoms with Crippen LogP contribution >= 0.6 is 0 Å². The molecule has 1 aromatic carbocycles.